The van der Waals surface area contributed by atoms with E-state index in [0.29, 0.717) is 0 Å². The smallest absolute Gasteiger partial charge is 0.250 e. The molecule has 0 radical (unpaired) electrons. The second kappa shape index (κ2) is 4.00. The summed E-state index contributed by atoms with van der Waals surface area (Å²) in [6, 6.07) is 1.29. The maximum atomic E-state index is 13.4. The van der Waals surface area contributed by atoms with Gasteiger partial charge in [-0.25, -0.2) is 4.39 Å². The molecule has 1 heterocycles. The number of nitro groups is 1. The van der Waals surface area contributed by atoms with Gasteiger partial charge >= 0.3 is 0 Å². The molecule has 1 atom stereocenters. The van der Waals surface area contributed by atoms with E-state index in [1.54, 1.807) is 0 Å². The zero-order valence-electron chi connectivity index (χ0n) is 8.68. The molecule has 1 aromatic carbocycles. The molecule has 0 aromatic heterocycles. The molecule has 0 saturated carbocycles. The summed E-state index contributed by atoms with van der Waals surface area (Å²) in [4.78, 5) is 21.3. The molecule has 1 aliphatic rings. The van der Waals surface area contributed by atoms with Crippen molar-refractivity contribution in [1.82, 2.24) is 0 Å². The van der Waals surface area contributed by atoms with Gasteiger partial charge in [-0.1, -0.05) is 0 Å². The van der Waals surface area contributed by atoms with Crippen LogP contribution in [0.25, 0.3) is 0 Å². The third-order valence-corrected chi connectivity index (χ3v) is 2.64. The number of rotatable bonds is 2. The van der Waals surface area contributed by atoms with Crippen LogP contribution >= 0.6 is 0 Å². The SMILES string of the molecule is NC(=O)c1ccc(F)c2c1CC([N+](=O)[O-])CO2. The number of nitrogens with two attached hydrogens (primary N) is 1. The van der Waals surface area contributed by atoms with E-state index in [9.17, 15) is 19.3 Å². The number of carbonyl (C=O) groups excluding carboxylic acids is 1. The minimum atomic E-state index is -0.984. The Bertz CT molecular complexity index is 503. The van der Waals surface area contributed by atoms with Gasteiger partial charge in [-0.15, -0.1) is 0 Å². The minimum absolute atomic E-state index is 0.0572. The molecule has 0 aliphatic carbocycles. The van der Waals surface area contributed by atoms with Crippen molar-refractivity contribution in [3.8, 4) is 5.75 Å². The van der Waals surface area contributed by atoms with E-state index in [4.69, 9.17) is 10.5 Å². The van der Waals surface area contributed by atoms with E-state index in [0.717, 1.165) is 6.07 Å². The van der Waals surface area contributed by atoms with Gasteiger partial charge in [0.2, 0.25) is 5.91 Å². The molecule has 90 valence electrons. The summed E-state index contributed by atoms with van der Waals surface area (Å²) < 4.78 is 18.4. The Kier molecular flexibility index (Phi) is 2.66. The number of carbonyl (C=O) groups is 1. The van der Waals surface area contributed by atoms with Crippen LogP contribution in [0.4, 0.5) is 4.39 Å². The summed E-state index contributed by atoms with van der Waals surface area (Å²) in [5.41, 5.74) is 5.36. The van der Waals surface area contributed by atoms with Crippen LogP contribution in [0.1, 0.15) is 15.9 Å². The van der Waals surface area contributed by atoms with Gasteiger partial charge in [0.1, 0.15) is 0 Å². The Morgan fingerprint density at radius 3 is 2.88 bits per heavy atom. The fraction of sp³-hybridized carbons (Fsp3) is 0.300. The number of fused-ring (bicyclic) bond motifs is 1. The molecule has 1 aliphatic heterocycles. The number of primary amides is 1. The molecule has 7 heteroatoms. The Hall–Kier alpha value is -2.18. The number of hydrogen-bond donors (Lipinski definition) is 1. The molecule has 17 heavy (non-hydrogen) atoms. The quantitative estimate of drug-likeness (QED) is 0.601. The molecular formula is C10H9FN2O4. The van der Waals surface area contributed by atoms with Crippen LogP contribution in [0.15, 0.2) is 12.1 Å². The van der Waals surface area contributed by atoms with Gasteiger partial charge in [-0.3, -0.25) is 14.9 Å². The summed E-state index contributed by atoms with van der Waals surface area (Å²) in [6.45, 7) is -0.209. The van der Waals surface area contributed by atoms with Gasteiger partial charge in [0.15, 0.2) is 18.2 Å². The second-order valence-corrected chi connectivity index (χ2v) is 3.72. The van der Waals surface area contributed by atoms with Crippen molar-refractivity contribution < 1.29 is 18.8 Å². The Labute approximate surface area is 95.3 Å². The zero-order chi connectivity index (χ0) is 12.6. The lowest BCUT2D eigenvalue weighted by molar-refractivity contribution is -0.525. The summed E-state index contributed by atoms with van der Waals surface area (Å²) in [5, 5.41) is 10.6. The number of hydrogen-bond acceptors (Lipinski definition) is 4. The lowest BCUT2D eigenvalue weighted by Gasteiger charge is -2.22. The number of amides is 1. The van der Waals surface area contributed by atoms with Crippen LogP contribution in [0.5, 0.6) is 5.75 Å². The third-order valence-electron chi connectivity index (χ3n) is 2.64. The van der Waals surface area contributed by atoms with Crippen molar-refractivity contribution in [2.45, 2.75) is 12.5 Å². The topological polar surface area (TPSA) is 95.5 Å². The molecule has 0 spiro atoms. The van der Waals surface area contributed by atoms with Gasteiger partial charge in [0, 0.05) is 22.5 Å². The summed E-state index contributed by atoms with van der Waals surface area (Å²) in [6.07, 6.45) is -0.0572. The van der Waals surface area contributed by atoms with Gasteiger partial charge in [0.05, 0.1) is 0 Å². The van der Waals surface area contributed by atoms with Crippen LogP contribution in [0.2, 0.25) is 0 Å². The lowest BCUT2D eigenvalue weighted by atomic mass is 9.97. The zero-order valence-corrected chi connectivity index (χ0v) is 8.68. The number of nitrogens with zero attached hydrogens (tertiary/aromatic N) is 1. The van der Waals surface area contributed by atoms with Crippen molar-refractivity contribution in [2.24, 2.45) is 5.73 Å². The van der Waals surface area contributed by atoms with Gasteiger partial charge in [0.25, 0.3) is 6.04 Å². The van der Waals surface area contributed by atoms with Gasteiger partial charge < -0.3 is 10.5 Å². The van der Waals surface area contributed by atoms with Crippen LogP contribution < -0.4 is 10.5 Å². The molecule has 0 bridgehead atoms. The number of benzene rings is 1. The first-order valence-corrected chi connectivity index (χ1v) is 4.88. The molecule has 6 nitrogen and oxygen atoms in total. The fourth-order valence-electron chi connectivity index (χ4n) is 1.80. The molecule has 0 fully saturated rings. The van der Waals surface area contributed by atoms with Gasteiger partial charge in [-0.05, 0) is 12.1 Å². The summed E-state index contributed by atoms with van der Waals surface area (Å²) in [7, 11) is 0. The Morgan fingerprint density at radius 2 is 2.29 bits per heavy atom. The lowest BCUT2D eigenvalue weighted by Crippen LogP contribution is -2.34. The molecule has 2 rings (SSSR count). The van der Waals surface area contributed by atoms with Crippen molar-refractivity contribution in [3.05, 3.63) is 39.2 Å². The van der Waals surface area contributed by atoms with E-state index in [1.165, 1.54) is 6.07 Å². The summed E-state index contributed by atoms with van der Waals surface area (Å²) in [5.74, 6) is -1.51. The second-order valence-electron chi connectivity index (χ2n) is 3.72. The maximum Gasteiger partial charge on any atom is 0.250 e. The van der Waals surface area contributed by atoms with Crippen molar-refractivity contribution >= 4 is 5.91 Å². The van der Waals surface area contributed by atoms with E-state index < -0.39 is 22.7 Å². The highest BCUT2D eigenvalue weighted by Gasteiger charge is 2.32. The largest absolute Gasteiger partial charge is 0.483 e. The predicted octanol–water partition coefficient (Wildman–Crippen LogP) is 0.505. The Balaban J connectivity index is 2.49. The van der Waals surface area contributed by atoms with Crippen LogP contribution in [0.3, 0.4) is 0 Å². The highest BCUT2D eigenvalue weighted by molar-refractivity contribution is 5.95. The normalized spacial score (nSPS) is 18.1. The minimum Gasteiger partial charge on any atom is -0.483 e. The molecule has 1 amide bonds. The first kappa shape index (κ1) is 11.3. The first-order chi connectivity index (χ1) is 8.00. The molecule has 0 saturated heterocycles. The van der Waals surface area contributed by atoms with E-state index in [2.05, 4.69) is 0 Å². The maximum absolute atomic E-state index is 13.4. The van der Waals surface area contributed by atoms with E-state index >= 15 is 0 Å². The van der Waals surface area contributed by atoms with Crippen LogP contribution in [-0.4, -0.2) is 23.5 Å². The fourth-order valence-corrected chi connectivity index (χ4v) is 1.80. The van der Waals surface area contributed by atoms with E-state index in [-0.39, 0.29) is 29.9 Å². The first-order valence-electron chi connectivity index (χ1n) is 4.88. The highest BCUT2D eigenvalue weighted by Crippen LogP contribution is 2.31. The average molecular weight is 240 g/mol. The monoisotopic (exact) mass is 240 g/mol. The Morgan fingerprint density at radius 1 is 1.59 bits per heavy atom. The van der Waals surface area contributed by atoms with Crippen molar-refractivity contribution in [2.75, 3.05) is 6.61 Å². The number of ether oxygens (including phenoxy) is 1. The van der Waals surface area contributed by atoms with E-state index in [1.807, 2.05) is 0 Å². The predicted molar refractivity (Wildman–Crippen MR) is 54.9 cm³/mol. The summed E-state index contributed by atoms with van der Waals surface area (Å²) >= 11 is 0. The molecular weight excluding hydrogens is 231 g/mol. The molecule has 1 aromatic rings. The van der Waals surface area contributed by atoms with Crippen molar-refractivity contribution in [1.29, 1.82) is 0 Å². The van der Waals surface area contributed by atoms with Crippen LogP contribution in [-0.2, 0) is 6.42 Å². The van der Waals surface area contributed by atoms with Gasteiger partial charge in [-0.2, -0.15) is 0 Å². The molecule has 1 unspecified atom stereocenters. The average Bonchev–Trinajstić information content (AvgIpc) is 2.28. The van der Waals surface area contributed by atoms with Crippen molar-refractivity contribution in [3.63, 3.8) is 0 Å². The standard InChI is InChI=1S/C10H9FN2O4/c11-8-2-1-6(10(12)14)7-3-5(13(15)16)4-17-9(7)8/h1-2,5H,3-4H2,(H2,12,14). The highest BCUT2D eigenvalue weighted by atomic mass is 19.1. The van der Waals surface area contributed by atoms with Crippen LogP contribution in [0, 0.1) is 15.9 Å². The molecule has 2 N–H and O–H groups in total. The third kappa shape index (κ3) is 1.91. The number of halogens is 1.